The molecule has 0 atom stereocenters. The van der Waals surface area contributed by atoms with Crippen LogP contribution in [0.25, 0.3) is 0 Å². The highest BCUT2D eigenvalue weighted by Gasteiger charge is 2.18. The summed E-state index contributed by atoms with van der Waals surface area (Å²) in [4.78, 5) is 4.92. The highest BCUT2D eigenvalue weighted by molar-refractivity contribution is 6.30. The second-order valence-electron chi connectivity index (χ2n) is 6.25. The van der Waals surface area contributed by atoms with E-state index in [1.807, 2.05) is 30.3 Å². The normalized spacial score (nSPS) is 16.2. The molecule has 0 unspecified atom stereocenters. The number of nitrogen functional groups attached to an aromatic ring is 1. The minimum absolute atomic E-state index is 0.756. The summed E-state index contributed by atoms with van der Waals surface area (Å²) in [5.74, 6) is 0.904. The molecular weight excluding hydrogens is 322 g/mol. The molecule has 0 aliphatic carbocycles. The number of ether oxygens (including phenoxy) is 1. The Kier molecular flexibility index (Phi) is 5.61. The molecule has 3 rings (SSSR count). The zero-order chi connectivity index (χ0) is 16.9. The number of anilines is 1. The number of piperazine rings is 1. The summed E-state index contributed by atoms with van der Waals surface area (Å²) >= 11 is 6.13. The predicted octanol–water partition coefficient (Wildman–Crippen LogP) is 3.25. The van der Waals surface area contributed by atoms with E-state index >= 15 is 0 Å². The van der Waals surface area contributed by atoms with Crippen LogP contribution in [0.1, 0.15) is 11.1 Å². The summed E-state index contributed by atoms with van der Waals surface area (Å²) in [6.45, 7) is 6.01. The van der Waals surface area contributed by atoms with Crippen molar-refractivity contribution >= 4 is 17.3 Å². The third kappa shape index (κ3) is 4.41. The number of nitrogens with zero attached hydrogens (tertiary/aromatic N) is 2. The number of rotatable bonds is 5. The summed E-state index contributed by atoms with van der Waals surface area (Å²) in [5, 5.41) is 0.756. The number of methoxy groups -OCH3 is 1. The first kappa shape index (κ1) is 17.1. The summed E-state index contributed by atoms with van der Waals surface area (Å²) in [6.07, 6.45) is 0. The van der Waals surface area contributed by atoms with E-state index in [1.165, 1.54) is 5.56 Å². The first-order valence-electron chi connectivity index (χ1n) is 8.25. The Bertz CT molecular complexity index is 684. The lowest BCUT2D eigenvalue weighted by Crippen LogP contribution is -2.45. The van der Waals surface area contributed by atoms with Crippen molar-refractivity contribution in [2.75, 3.05) is 39.0 Å². The lowest BCUT2D eigenvalue weighted by molar-refractivity contribution is 0.121. The average Bonchev–Trinajstić information content (AvgIpc) is 2.57. The molecule has 24 heavy (non-hydrogen) atoms. The van der Waals surface area contributed by atoms with E-state index < -0.39 is 0 Å². The van der Waals surface area contributed by atoms with Gasteiger partial charge >= 0.3 is 0 Å². The summed E-state index contributed by atoms with van der Waals surface area (Å²) in [5.41, 5.74) is 9.12. The Morgan fingerprint density at radius 3 is 2.38 bits per heavy atom. The largest absolute Gasteiger partial charge is 0.496 e. The second kappa shape index (κ2) is 7.88. The number of hydrogen-bond acceptors (Lipinski definition) is 4. The van der Waals surface area contributed by atoms with E-state index in [0.717, 1.165) is 61.3 Å². The average molecular weight is 346 g/mol. The van der Waals surface area contributed by atoms with E-state index in [4.69, 9.17) is 22.1 Å². The van der Waals surface area contributed by atoms with Gasteiger partial charge in [-0.05, 0) is 35.9 Å². The molecule has 1 saturated heterocycles. The fourth-order valence-corrected chi connectivity index (χ4v) is 3.36. The lowest BCUT2D eigenvalue weighted by Gasteiger charge is -2.35. The van der Waals surface area contributed by atoms with Crippen LogP contribution in [0.5, 0.6) is 5.75 Å². The van der Waals surface area contributed by atoms with Gasteiger partial charge in [-0.2, -0.15) is 0 Å². The van der Waals surface area contributed by atoms with E-state index in [0.29, 0.717) is 0 Å². The monoisotopic (exact) mass is 345 g/mol. The topological polar surface area (TPSA) is 41.7 Å². The Morgan fingerprint density at radius 1 is 1.00 bits per heavy atom. The van der Waals surface area contributed by atoms with Crippen molar-refractivity contribution in [2.24, 2.45) is 0 Å². The molecule has 1 aliphatic rings. The van der Waals surface area contributed by atoms with E-state index in [2.05, 4.69) is 21.9 Å². The van der Waals surface area contributed by atoms with Gasteiger partial charge in [-0.25, -0.2) is 0 Å². The van der Waals surface area contributed by atoms with Gasteiger partial charge in [-0.15, -0.1) is 0 Å². The van der Waals surface area contributed by atoms with Crippen LogP contribution in [0.15, 0.2) is 42.5 Å². The molecule has 2 N–H and O–H groups in total. The van der Waals surface area contributed by atoms with Crippen LogP contribution in [0.3, 0.4) is 0 Å². The minimum atomic E-state index is 0.756. The third-order valence-corrected chi connectivity index (χ3v) is 4.69. The molecule has 5 heteroatoms. The molecule has 0 amide bonds. The van der Waals surface area contributed by atoms with Crippen molar-refractivity contribution in [2.45, 2.75) is 13.1 Å². The first-order chi connectivity index (χ1) is 11.6. The van der Waals surface area contributed by atoms with Gasteiger partial charge in [0.2, 0.25) is 0 Å². The molecule has 2 aromatic carbocycles. The van der Waals surface area contributed by atoms with Gasteiger partial charge in [0.1, 0.15) is 5.75 Å². The maximum absolute atomic E-state index is 6.13. The SMILES string of the molecule is COc1ccc(Cl)cc1CN1CCN(Cc2cccc(N)c2)CC1. The fourth-order valence-electron chi connectivity index (χ4n) is 3.17. The Hall–Kier alpha value is -1.75. The van der Waals surface area contributed by atoms with E-state index in [1.54, 1.807) is 7.11 Å². The zero-order valence-electron chi connectivity index (χ0n) is 14.0. The number of hydrogen-bond donors (Lipinski definition) is 1. The van der Waals surface area contributed by atoms with Crippen LogP contribution in [-0.2, 0) is 13.1 Å². The molecule has 0 radical (unpaired) electrons. The Balaban J connectivity index is 1.55. The van der Waals surface area contributed by atoms with Crippen LogP contribution >= 0.6 is 11.6 Å². The summed E-state index contributed by atoms with van der Waals surface area (Å²) < 4.78 is 5.45. The van der Waals surface area contributed by atoms with Gasteiger partial charge in [0.15, 0.2) is 0 Å². The van der Waals surface area contributed by atoms with E-state index in [9.17, 15) is 0 Å². The van der Waals surface area contributed by atoms with Crippen LogP contribution < -0.4 is 10.5 Å². The van der Waals surface area contributed by atoms with Crippen molar-refractivity contribution in [3.8, 4) is 5.75 Å². The predicted molar refractivity (Wildman–Crippen MR) is 99.4 cm³/mol. The van der Waals surface area contributed by atoms with Gasteiger partial charge in [-0.1, -0.05) is 23.7 Å². The number of nitrogens with two attached hydrogens (primary N) is 1. The highest BCUT2D eigenvalue weighted by Crippen LogP contribution is 2.24. The molecule has 128 valence electrons. The van der Waals surface area contributed by atoms with Crippen molar-refractivity contribution in [3.05, 3.63) is 58.6 Å². The molecule has 1 heterocycles. The number of benzene rings is 2. The fraction of sp³-hybridized carbons (Fsp3) is 0.368. The molecule has 2 aromatic rings. The van der Waals surface area contributed by atoms with Crippen LogP contribution in [0.2, 0.25) is 5.02 Å². The zero-order valence-corrected chi connectivity index (χ0v) is 14.8. The first-order valence-corrected chi connectivity index (χ1v) is 8.63. The van der Waals surface area contributed by atoms with Crippen molar-refractivity contribution in [1.82, 2.24) is 9.80 Å². The van der Waals surface area contributed by atoms with Crippen molar-refractivity contribution < 1.29 is 4.74 Å². The van der Waals surface area contributed by atoms with Gasteiger partial charge in [0.05, 0.1) is 7.11 Å². The molecule has 0 saturated carbocycles. The quantitative estimate of drug-likeness (QED) is 0.845. The van der Waals surface area contributed by atoms with Gasteiger partial charge in [-0.3, -0.25) is 9.80 Å². The molecule has 0 aromatic heterocycles. The molecule has 0 spiro atoms. The molecule has 1 aliphatic heterocycles. The molecular formula is C19H24ClN3O. The second-order valence-corrected chi connectivity index (χ2v) is 6.69. The smallest absolute Gasteiger partial charge is 0.123 e. The van der Waals surface area contributed by atoms with Crippen LogP contribution in [0.4, 0.5) is 5.69 Å². The molecule has 0 bridgehead atoms. The van der Waals surface area contributed by atoms with Crippen LogP contribution in [-0.4, -0.2) is 43.1 Å². The van der Waals surface area contributed by atoms with Gasteiger partial charge < -0.3 is 10.5 Å². The van der Waals surface area contributed by atoms with Crippen molar-refractivity contribution in [1.29, 1.82) is 0 Å². The Morgan fingerprint density at radius 2 is 1.71 bits per heavy atom. The van der Waals surface area contributed by atoms with Gasteiger partial charge in [0.25, 0.3) is 0 Å². The maximum Gasteiger partial charge on any atom is 0.123 e. The number of halogens is 1. The minimum Gasteiger partial charge on any atom is -0.496 e. The van der Waals surface area contributed by atoms with Crippen molar-refractivity contribution in [3.63, 3.8) is 0 Å². The van der Waals surface area contributed by atoms with Crippen LogP contribution in [0, 0.1) is 0 Å². The summed E-state index contributed by atoms with van der Waals surface area (Å²) in [7, 11) is 1.70. The van der Waals surface area contributed by atoms with E-state index in [-0.39, 0.29) is 0 Å². The lowest BCUT2D eigenvalue weighted by atomic mass is 10.1. The maximum atomic E-state index is 6.13. The Labute approximate surface area is 148 Å². The molecule has 4 nitrogen and oxygen atoms in total. The third-order valence-electron chi connectivity index (χ3n) is 4.46. The molecule has 1 fully saturated rings. The standard InChI is InChI=1S/C19H24ClN3O/c1-24-19-6-5-17(20)12-16(19)14-23-9-7-22(8-10-23)13-15-3-2-4-18(21)11-15/h2-6,11-12H,7-10,13-14,21H2,1H3. The van der Waals surface area contributed by atoms with Gasteiger partial charge in [0, 0.05) is 55.5 Å². The highest BCUT2D eigenvalue weighted by atomic mass is 35.5. The summed E-state index contributed by atoms with van der Waals surface area (Å²) in [6, 6.07) is 14.0.